The fourth-order valence-electron chi connectivity index (χ4n) is 4.71. The first-order chi connectivity index (χ1) is 12.4. The Morgan fingerprint density at radius 3 is 2.27 bits per heavy atom. The fourth-order valence-corrected chi connectivity index (χ4v) is 4.83. The number of aliphatic carboxylic acids is 2. The van der Waals surface area contributed by atoms with E-state index in [2.05, 4.69) is 17.0 Å². The van der Waals surface area contributed by atoms with Crippen molar-refractivity contribution in [2.45, 2.75) is 43.4 Å². The molecule has 1 aromatic rings. The molecule has 26 heavy (non-hydrogen) atoms. The number of hydrogen-bond acceptors (Lipinski definition) is 4. The van der Waals surface area contributed by atoms with Gasteiger partial charge in [-0.2, -0.15) is 0 Å². The molecule has 4 bridgehead atoms. The number of rotatable bonds is 3. The molecule has 0 amide bonds. The highest BCUT2D eigenvalue weighted by Gasteiger charge is 2.55. The number of carboxylic acid groups (broad SMARTS) is 2. The third-order valence-electron chi connectivity index (χ3n) is 5.63. The second-order valence-electron chi connectivity index (χ2n) is 7.04. The number of benzene rings is 1. The summed E-state index contributed by atoms with van der Waals surface area (Å²) in [4.78, 5) is 21.7. The highest BCUT2D eigenvalue weighted by atomic mass is 35.5. The van der Waals surface area contributed by atoms with Crippen molar-refractivity contribution in [3.8, 4) is 0 Å². The van der Waals surface area contributed by atoms with Crippen molar-refractivity contribution in [3.63, 3.8) is 0 Å². The van der Waals surface area contributed by atoms with E-state index in [1.807, 2.05) is 12.1 Å². The molecule has 7 heteroatoms. The largest absolute Gasteiger partial charge is 0.478 e. The Morgan fingerprint density at radius 2 is 1.69 bits per heavy atom. The molecule has 3 N–H and O–H groups in total. The molecule has 0 aliphatic carbocycles. The lowest BCUT2D eigenvalue weighted by Crippen LogP contribution is -2.41. The molecule has 1 aromatic carbocycles. The average Bonchev–Trinajstić information content (AvgIpc) is 2.98. The van der Waals surface area contributed by atoms with Crippen LogP contribution < -0.4 is 0 Å². The van der Waals surface area contributed by atoms with Gasteiger partial charge in [-0.3, -0.25) is 4.90 Å². The maximum absolute atomic E-state index is 10.3. The molecule has 4 rings (SSSR count). The molecule has 3 aliphatic heterocycles. The van der Waals surface area contributed by atoms with Crippen LogP contribution in [0.15, 0.2) is 36.4 Å². The number of piperidine rings is 1. The van der Waals surface area contributed by atoms with Crippen LogP contribution in [0.2, 0.25) is 5.02 Å². The lowest BCUT2D eigenvalue weighted by molar-refractivity contribution is -0.134. The van der Waals surface area contributed by atoms with E-state index < -0.39 is 11.9 Å². The van der Waals surface area contributed by atoms with Gasteiger partial charge < -0.3 is 15.3 Å². The Balaban J connectivity index is 0.000000211. The summed E-state index contributed by atoms with van der Waals surface area (Å²) in [6.45, 7) is 0.893. The van der Waals surface area contributed by atoms with Crippen molar-refractivity contribution in [1.82, 2.24) is 4.90 Å². The van der Waals surface area contributed by atoms with Gasteiger partial charge in [0.05, 0.1) is 6.10 Å². The van der Waals surface area contributed by atoms with Crippen LogP contribution in [-0.4, -0.2) is 56.9 Å². The Hall–Kier alpha value is -1.89. The van der Waals surface area contributed by atoms with Gasteiger partial charge in [-0.05, 0) is 42.9 Å². The van der Waals surface area contributed by atoms with Gasteiger partial charge >= 0.3 is 11.9 Å². The van der Waals surface area contributed by atoms with E-state index in [4.69, 9.17) is 21.8 Å². The summed E-state index contributed by atoms with van der Waals surface area (Å²) in [7, 11) is 0. The molecule has 0 saturated carbocycles. The lowest BCUT2D eigenvalue weighted by Gasteiger charge is -2.37. The minimum atomic E-state index is -1.26. The molecule has 3 aliphatic rings. The van der Waals surface area contributed by atoms with Crippen LogP contribution in [0.3, 0.4) is 0 Å². The summed E-state index contributed by atoms with van der Waals surface area (Å²) in [6.07, 6.45) is 4.78. The quantitative estimate of drug-likeness (QED) is 0.697. The molecule has 0 radical (unpaired) electrons. The molecular formula is C19H22ClNO5. The predicted octanol–water partition coefficient (Wildman–Crippen LogP) is 2.36. The van der Waals surface area contributed by atoms with Crippen molar-refractivity contribution in [1.29, 1.82) is 0 Å². The SMILES string of the molecule is O=C(O)/C=C/C(=O)O.OC1CN2[C@H]3CC[C@@H]2[C@@H]1[C@@H](c1ccc(Cl)cc1)C3. The van der Waals surface area contributed by atoms with Crippen molar-refractivity contribution in [2.24, 2.45) is 5.92 Å². The van der Waals surface area contributed by atoms with Gasteiger partial charge in [0, 0.05) is 41.7 Å². The van der Waals surface area contributed by atoms with Gasteiger partial charge in [-0.25, -0.2) is 9.59 Å². The molecule has 6 atom stereocenters. The molecule has 3 fully saturated rings. The Bertz CT molecular complexity index is 688. The van der Waals surface area contributed by atoms with Crippen LogP contribution in [0, 0.1) is 5.92 Å². The summed E-state index contributed by atoms with van der Waals surface area (Å²) < 4.78 is 0. The van der Waals surface area contributed by atoms with E-state index in [0.717, 1.165) is 11.6 Å². The smallest absolute Gasteiger partial charge is 0.328 e. The lowest BCUT2D eigenvalue weighted by atomic mass is 9.77. The van der Waals surface area contributed by atoms with E-state index in [1.54, 1.807) is 0 Å². The Morgan fingerprint density at radius 1 is 1.08 bits per heavy atom. The molecule has 0 aromatic heterocycles. The van der Waals surface area contributed by atoms with Crippen LogP contribution in [0.25, 0.3) is 0 Å². The summed E-state index contributed by atoms with van der Waals surface area (Å²) in [5.41, 5.74) is 1.36. The van der Waals surface area contributed by atoms with Gasteiger partial charge in [-0.15, -0.1) is 0 Å². The van der Waals surface area contributed by atoms with E-state index in [-0.39, 0.29) is 6.10 Å². The average molecular weight is 380 g/mol. The number of halogens is 1. The molecule has 3 saturated heterocycles. The molecule has 2 unspecified atom stereocenters. The first-order valence-corrected chi connectivity index (χ1v) is 9.08. The number of hydrogen-bond donors (Lipinski definition) is 3. The number of nitrogens with zero attached hydrogens (tertiary/aromatic N) is 1. The molecule has 3 heterocycles. The van der Waals surface area contributed by atoms with E-state index in [1.165, 1.54) is 24.8 Å². The minimum absolute atomic E-state index is 0.138. The van der Waals surface area contributed by atoms with Crippen LogP contribution in [0.5, 0.6) is 0 Å². The maximum Gasteiger partial charge on any atom is 0.328 e. The highest BCUT2D eigenvalue weighted by Crippen LogP contribution is 2.52. The Labute approximate surface area is 156 Å². The van der Waals surface area contributed by atoms with E-state index >= 15 is 0 Å². The number of carbonyl (C=O) groups is 2. The second-order valence-corrected chi connectivity index (χ2v) is 7.48. The fraction of sp³-hybridized carbons (Fsp3) is 0.474. The topological polar surface area (TPSA) is 98.1 Å². The third kappa shape index (κ3) is 3.92. The van der Waals surface area contributed by atoms with E-state index in [0.29, 0.717) is 36.1 Å². The summed E-state index contributed by atoms with van der Waals surface area (Å²) in [5, 5.41) is 26.8. The summed E-state index contributed by atoms with van der Waals surface area (Å²) in [6, 6.07) is 9.57. The zero-order chi connectivity index (χ0) is 18.8. The first-order valence-electron chi connectivity index (χ1n) is 8.70. The molecule has 0 spiro atoms. The molecule has 140 valence electrons. The number of aliphatic hydroxyl groups excluding tert-OH is 1. The third-order valence-corrected chi connectivity index (χ3v) is 5.89. The zero-order valence-corrected chi connectivity index (χ0v) is 14.9. The summed E-state index contributed by atoms with van der Waals surface area (Å²) >= 11 is 5.97. The zero-order valence-electron chi connectivity index (χ0n) is 14.2. The normalized spacial score (nSPS) is 34.4. The van der Waals surface area contributed by atoms with E-state index in [9.17, 15) is 14.7 Å². The minimum Gasteiger partial charge on any atom is -0.478 e. The van der Waals surface area contributed by atoms with Crippen LogP contribution in [-0.2, 0) is 9.59 Å². The summed E-state index contributed by atoms with van der Waals surface area (Å²) in [5.74, 6) is -1.56. The predicted molar refractivity (Wildman–Crippen MR) is 96.2 cm³/mol. The Kier molecular flexibility index (Phi) is 5.65. The van der Waals surface area contributed by atoms with Gasteiger partial charge in [0.25, 0.3) is 0 Å². The molecule has 6 nitrogen and oxygen atoms in total. The second kappa shape index (κ2) is 7.78. The van der Waals surface area contributed by atoms with Crippen molar-refractivity contribution in [2.75, 3.05) is 6.54 Å². The van der Waals surface area contributed by atoms with Crippen LogP contribution in [0.4, 0.5) is 0 Å². The van der Waals surface area contributed by atoms with Gasteiger partial charge in [0.1, 0.15) is 0 Å². The number of carboxylic acids is 2. The first kappa shape index (κ1) is 18.9. The van der Waals surface area contributed by atoms with Crippen LogP contribution in [0.1, 0.15) is 30.7 Å². The maximum atomic E-state index is 10.3. The van der Waals surface area contributed by atoms with Crippen molar-refractivity contribution >= 4 is 23.5 Å². The van der Waals surface area contributed by atoms with Gasteiger partial charge in [-0.1, -0.05) is 23.7 Å². The van der Waals surface area contributed by atoms with Gasteiger partial charge in [0.15, 0.2) is 0 Å². The standard InChI is InChI=1S/C15H18ClNO.C4H4O4/c16-10-3-1-9(2-4-10)12-7-11-5-6-13-15(12)14(18)8-17(11)13;5-3(6)1-2-4(7)8/h1-4,11-15,18H,5-8H2;1-2H,(H,5,6)(H,7,8)/b;2-1+/t11-,12+,13+,14?,15-;/m0./s1. The van der Waals surface area contributed by atoms with Gasteiger partial charge in [0.2, 0.25) is 0 Å². The number of aliphatic hydroxyl groups is 1. The monoisotopic (exact) mass is 379 g/mol. The molecular weight excluding hydrogens is 358 g/mol. The van der Waals surface area contributed by atoms with Crippen LogP contribution >= 0.6 is 11.6 Å². The van der Waals surface area contributed by atoms with Crippen molar-refractivity contribution < 1.29 is 24.9 Å². The highest BCUT2D eigenvalue weighted by molar-refractivity contribution is 6.30. The van der Waals surface area contributed by atoms with Crippen molar-refractivity contribution in [3.05, 3.63) is 47.0 Å².